The van der Waals surface area contributed by atoms with Crippen molar-refractivity contribution < 1.29 is 28.2 Å². The van der Waals surface area contributed by atoms with Gasteiger partial charge in [0.15, 0.2) is 0 Å². The fraction of sp³-hybridized carbons (Fsp3) is 0.364. The molecule has 6 N–H and O–H groups in total. The summed E-state index contributed by atoms with van der Waals surface area (Å²) in [6.07, 6.45) is -8.47. The number of carbonyl (C=O) groups is 1. The Morgan fingerprint density at radius 1 is 1.32 bits per heavy atom. The monoisotopic (exact) mass is 278 g/mol. The minimum absolute atomic E-state index is 0.199. The van der Waals surface area contributed by atoms with Crippen molar-refractivity contribution in [2.45, 2.75) is 24.8 Å². The molecular weight excluding hydrogens is 265 g/mol. The molecule has 1 rings (SSSR count). The Hall–Kier alpha value is -1.80. The number of alkyl halides is 3. The summed E-state index contributed by atoms with van der Waals surface area (Å²) in [7, 11) is 0. The number of nitrogens with two attached hydrogens (primary N) is 2. The Balaban J connectivity index is 3.05. The van der Waals surface area contributed by atoms with Crippen molar-refractivity contribution in [3.05, 3.63) is 29.3 Å². The van der Waals surface area contributed by atoms with E-state index in [4.69, 9.17) is 11.5 Å². The normalized spacial score (nSPS) is 15.0. The number of primary amides is 1. The zero-order chi connectivity index (χ0) is 14.8. The standard InChI is InChI=1S/C11H13F3N2O3/c12-11(13,14)6-3-5(1-2-7(6)15)10(19)8(17)4-9(16)18/h1-3,8,10,17,19H,4,15H2,(H2,16,18). The number of hydrogen-bond donors (Lipinski definition) is 4. The maximum Gasteiger partial charge on any atom is 0.418 e. The highest BCUT2D eigenvalue weighted by molar-refractivity contribution is 5.74. The second-order valence-corrected chi connectivity index (χ2v) is 4.03. The molecule has 0 aliphatic heterocycles. The number of rotatable bonds is 4. The van der Waals surface area contributed by atoms with Crippen LogP contribution >= 0.6 is 0 Å². The number of amides is 1. The number of aliphatic hydroxyl groups is 2. The largest absolute Gasteiger partial charge is 0.418 e. The molecule has 2 unspecified atom stereocenters. The van der Waals surface area contributed by atoms with Gasteiger partial charge in [0.25, 0.3) is 0 Å². The number of carbonyl (C=O) groups excluding carboxylic acids is 1. The molecule has 0 aliphatic rings. The van der Waals surface area contributed by atoms with Gasteiger partial charge in [0, 0.05) is 5.69 Å². The van der Waals surface area contributed by atoms with Crippen molar-refractivity contribution >= 4 is 11.6 Å². The third-order valence-electron chi connectivity index (χ3n) is 2.50. The van der Waals surface area contributed by atoms with E-state index in [-0.39, 0.29) is 5.56 Å². The lowest BCUT2D eigenvalue weighted by molar-refractivity contribution is -0.137. The Morgan fingerprint density at radius 2 is 1.89 bits per heavy atom. The van der Waals surface area contributed by atoms with Gasteiger partial charge in [0.2, 0.25) is 5.91 Å². The van der Waals surface area contributed by atoms with Gasteiger partial charge in [0.1, 0.15) is 6.10 Å². The van der Waals surface area contributed by atoms with E-state index in [1.54, 1.807) is 0 Å². The van der Waals surface area contributed by atoms with Crippen molar-refractivity contribution in [2.24, 2.45) is 5.73 Å². The van der Waals surface area contributed by atoms with E-state index in [1.165, 1.54) is 0 Å². The highest BCUT2D eigenvalue weighted by Gasteiger charge is 2.34. The molecule has 0 fully saturated rings. The zero-order valence-corrected chi connectivity index (χ0v) is 9.69. The molecule has 1 aromatic rings. The van der Waals surface area contributed by atoms with Gasteiger partial charge < -0.3 is 21.7 Å². The number of nitrogen functional groups attached to an aromatic ring is 1. The summed E-state index contributed by atoms with van der Waals surface area (Å²) in [5.41, 5.74) is 8.21. The van der Waals surface area contributed by atoms with Crippen LogP contribution in [-0.2, 0) is 11.0 Å². The van der Waals surface area contributed by atoms with Gasteiger partial charge in [-0.05, 0) is 17.7 Å². The van der Waals surface area contributed by atoms with Crippen molar-refractivity contribution in [3.63, 3.8) is 0 Å². The number of benzene rings is 1. The quantitative estimate of drug-likeness (QED) is 0.603. The smallest absolute Gasteiger partial charge is 0.398 e. The van der Waals surface area contributed by atoms with E-state index in [1.807, 2.05) is 0 Å². The summed E-state index contributed by atoms with van der Waals surface area (Å²) in [5.74, 6) is -0.877. The SMILES string of the molecule is NC(=O)CC(O)C(O)c1ccc(N)c(C(F)(F)F)c1. The Bertz CT molecular complexity index is 477. The molecule has 5 nitrogen and oxygen atoms in total. The minimum atomic E-state index is -4.67. The molecular formula is C11H13F3N2O3. The summed E-state index contributed by atoms with van der Waals surface area (Å²) in [6.45, 7) is 0. The summed E-state index contributed by atoms with van der Waals surface area (Å²) in [6, 6.07) is 2.74. The lowest BCUT2D eigenvalue weighted by Crippen LogP contribution is -2.26. The van der Waals surface area contributed by atoms with Crippen LogP contribution in [0, 0.1) is 0 Å². The summed E-state index contributed by atoms with van der Waals surface area (Å²) in [4.78, 5) is 10.6. The number of hydrogen-bond acceptors (Lipinski definition) is 4. The molecule has 0 aliphatic carbocycles. The van der Waals surface area contributed by atoms with Gasteiger partial charge in [-0.25, -0.2) is 0 Å². The van der Waals surface area contributed by atoms with E-state index in [2.05, 4.69) is 0 Å². The van der Waals surface area contributed by atoms with Crippen molar-refractivity contribution in [3.8, 4) is 0 Å². The van der Waals surface area contributed by atoms with Crippen LogP contribution in [0.15, 0.2) is 18.2 Å². The summed E-state index contributed by atoms with van der Waals surface area (Å²) in [5, 5.41) is 19.1. The van der Waals surface area contributed by atoms with Gasteiger partial charge in [0.05, 0.1) is 18.1 Å². The summed E-state index contributed by atoms with van der Waals surface area (Å²) >= 11 is 0. The molecule has 106 valence electrons. The average molecular weight is 278 g/mol. The van der Waals surface area contributed by atoms with Crippen LogP contribution in [0.2, 0.25) is 0 Å². The van der Waals surface area contributed by atoms with E-state index in [0.717, 1.165) is 12.1 Å². The third-order valence-corrected chi connectivity index (χ3v) is 2.50. The van der Waals surface area contributed by atoms with E-state index in [0.29, 0.717) is 6.07 Å². The van der Waals surface area contributed by atoms with Crippen LogP contribution in [0.25, 0.3) is 0 Å². The first-order valence-electron chi connectivity index (χ1n) is 5.24. The zero-order valence-electron chi connectivity index (χ0n) is 9.69. The van der Waals surface area contributed by atoms with Crippen LogP contribution in [0.1, 0.15) is 23.7 Å². The molecule has 0 radical (unpaired) electrons. The van der Waals surface area contributed by atoms with Crippen LogP contribution in [-0.4, -0.2) is 22.2 Å². The molecule has 8 heteroatoms. The number of anilines is 1. The van der Waals surface area contributed by atoms with Crippen molar-refractivity contribution in [1.29, 1.82) is 0 Å². The second kappa shape index (κ2) is 5.45. The van der Waals surface area contributed by atoms with Gasteiger partial charge >= 0.3 is 6.18 Å². The lowest BCUT2D eigenvalue weighted by Gasteiger charge is -2.19. The van der Waals surface area contributed by atoms with Gasteiger partial charge in [-0.2, -0.15) is 13.2 Å². The predicted molar refractivity (Wildman–Crippen MR) is 60.6 cm³/mol. The molecule has 19 heavy (non-hydrogen) atoms. The fourth-order valence-corrected chi connectivity index (χ4v) is 1.54. The maximum atomic E-state index is 12.6. The van der Waals surface area contributed by atoms with Crippen LogP contribution in [0.3, 0.4) is 0 Å². The molecule has 0 saturated carbocycles. The van der Waals surface area contributed by atoms with Gasteiger partial charge in [-0.15, -0.1) is 0 Å². The first kappa shape index (κ1) is 15.3. The molecule has 0 heterocycles. The van der Waals surface area contributed by atoms with Gasteiger partial charge in [-0.1, -0.05) is 6.07 Å². The molecule has 0 aromatic heterocycles. The van der Waals surface area contributed by atoms with E-state index in [9.17, 15) is 28.2 Å². The molecule has 0 saturated heterocycles. The number of halogens is 3. The van der Waals surface area contributed by atoms with E-state index >= 15 is 0 Å². The van der Waals surface area contributed by atoms with Crippen LogP contribution in [0.4, 0.5) is 18.9 Å². The summed E-state index contributed by atoms with van der Waals surface area (Å²) < 4.78 is 37.8. The molecule has 0 bridgehead atoms. The topological polar surface area (TPSA) is 110 Å². The minimum Gasteiger partial charge on any atom is -0.398 e. The fourth-order valence-electron chi connectivity index (χ4n) is 1.54. The molecule has 1 aromatic carbocycles. The van der Waals surface area contributed by atoms with Gasteiger partial charge in [-0.3, -0.25) is 4.79 Å². The highest BCUT2D eigenvalue weighted by Crippen LogP contribution is 2.35. The molecule has 0 spiro atoms. The van der Waals surface area contributed by atoms with Crippen LogP contribution in [0.5, 0.6) is 0 Å². The first-order valence-corrected chi connectivity index (χ1v) is 5.24. The highest BCUT2D eigenvalue weighted by atomic mass is 19.4. The lowest BCUT2D eigenvalue weighted by atomic mass is 9.99. The Morgan fingerprint density at radius 3 is 2.37 bits per heavy atom. The van der Waals surface area contributed by atoms with E-state index < -0.39 is 42.0 Å². The average Bonchev–Trinajstić information content (AvgIpc) is 2.26. The number of aliphatic hydroxyl groups excluding tert-OH is 2. The second-order valence-electron chi connectivity index (χ2n) is 4.03. The Labute approximate surface area is 106 Å². The Kier molecular flexibility index (Phi) is 4.38. The maximum absolute atomic E-state index is 12.6. The van der Waals surface area contributed by atoms with Crippen molar-refractivity contribution in [1.82, 2.24) is 0 Å². The van der Waals surface area contributed by atoms with Crippen molar-refractivity contribution in [2.75, 3.05) is 5.73 Å². The van der Waals surface area contributed by atoms with Crippen LogP contribution < -0.4 is 11.5 Å². The molecule has 1 amide bonds. The first-order chi connectivity index (χ1) is 8.62. The third kappa shape index (κ3) is 3.83. The predicted octanol–water partition coefficient (Wildman–Crippen LogP) is 0.557. The molecule has 2 atom stereocenters.